The zero-order valence-electron chi connectivity index (χ0n) is 15.5. The van der Waals surface area contributed by atoms with Crippen molar-refractivity contribution < 1.29 is 19.0 Å². The molecule has 0 bridgehead atoms. The molecule has 0 aromatic heterocycles. The van der Waals surface area contributed by atoms with Crippen LogP contribution in [-0.4, -0.2) is 79.4 Å². The summed E-state index contributed by atoms with van der Waals surface area (Å²) in [5.74, 6) is 3.71. The van der Waals surface area contributed by atoms with Gasteiger partial charge >= 0.3 is 0 Å². The van der Waals surface area contributed by atoms with Crippen LogP contribution in [0.15, 0.2) is 24.3 Å². The fraction of sp³-hybridized carbons (Fsp3) is 0.550. The number of fused-ring (bicyclic) bond motifs is 1. The number of benzene rings is 1. The van der Waals surface area contributed by atoms with Crippen LogP contribution in [0.4, 0.5) is 0 Å². The van der Waals surface area contributed by atoms with Crippen molar-refractivity contribution in [1.29, 1.82) is 0 Å². The molecule has 2 fully saturated rings. The van der Waals surface area contributed by atoms with E-state index in [-0.39, 0.29) is 18.7 Å². The molecule has 1 unspecified atom stereocenters. The molecule has 3 heterocycles. The maximum atomic E-state index is 12.9. The molecule has 0 spiro atoms. The SMILES string of the molecule is O=C(/C=C/c1ccc2c(c1)OCO2)N1CCCSCC1CN1CCOCC1. The standard InChI is InChI=1S/C20H26N2O4S/c23-20(5-3-16-2-4-18-19(12-16)26-15-25-18)22-6-1-11-27-14-17(22)13-21-7-9-24-10-8-21/h2-5,12,17H,1,6-11,13-15H2/b5-3+. The molecule has 146 valence electrons. The van der Waals surface area contributed by atoms with Gasteiger partial charge in [-0.05, 0) is 35.9 Å². The summed E-state index contributed by atoms with van der Waals surface area (Å²) < 4.78 is 16.2. The Morgan fingerprint density at radius 2 is 2.04 bits per heavy atom. The number of rotatable bonds is 4. The highest BCUT2D eigenvalue weighted by Gasteiger charge is 2.27. The van der Waals surface area contributed by atoms with Gasteiger partial charge in [0.15, 0.2) is 11.5 Å². The van der Waals surface area contributed by atoms with Crippen LogP contribution in [0.25, 0.3) is 6.08 Å². The maximum absolute atomic E-state index is 12.9. The summed E-state index contributed by atoms with van der Waals surface area (Å²) in [5, 5.41) is 0. The number of carbonyl (C=O) groups is 1. The second-order valence-electron chi connectivity index (χ2n) is 6.97. The summed E-state index contributed by atoms with van der Waals surface area (Å²) in [6.45, 7) is 5.50. The minimum Gasteiger partial charge on any atom is -0.454 e. The Labute approximate surface area is 164 Å². The lowest BCUT2D eigenvalue weighted by Gasteiger charge is -2.35. The third-order valence-corrected chi connectivity index (χ3v) is 6.31. The molecular weight excluding hydrogens is 364 g/mol. The summed E-state index contributed by atoms with van der Waals surface area (Å²) in [5.41, 5.74) is 0.946. The highest BCUT2D eigenvalue weighted by atomic mass is 32.2. The van der Waals surface area contributed by atoms with E-state index < -0.39 is 0 Å². The van der Waals surface area contributed by atoms with Crippen molar-refractivity contribution in [1.82, 2.24) is 9.80 Å². The quantitative estimate of drug-likeness (QED) is 0.734. The van der Waals surface area contributed by atoms with E-state index >= 15 is 0 Å². The van der Waals surface area contributed by atoms with E-state index in [0.717, 1.165) is 74.4 Å². The molecule has 0 saturated carbocycles. The number of nitrogens with zero attached hydrogens (tertiary/aromatic N) is 2. The molecule has 3 aliphatic rings. The Balaban J connectivity index is 1.42. The van der Waals surface area contributed by atoms with Crippen LogP contribution in [0.1, 0.15) is 12.0 Å². The molecule has 27 heavy (non-hydrogen) atoms. The lowest BCUT2D eigenvalue weighted by Crippen LogP contribution is -2.50. The van der Waals surface area contributed by atoms with Gasteiger partial charge in [-0.3, -0.25) is 9.69 Å². The Morgan fingerprint density at radius 3 is 2.93 bits per heavy atom. The van der Waals surface area contributed by atoms with E-state index in [1.807, 2.05) is 36.0 Å². The van der Waals surface area contributed by atoms with Crippen LogP contribution in [-0.2, 0) is 9.53 Å². The average molecular weight is 391 g/mol. The van der Waals surface area contributed by atoms with Crippen molar-refractivity contribution in [3.63, 3.8) is 0 Å². The lowest BCUT2D eigenvalue weighted by atomic mass is 10.1. The first kappa shape index (κ1) is 18.7. The average Bonchev–Trinajstić information content (AvgIpc) is 3.05. The van der Waals surface area contributed by atoms with Crippen molar-refractivity contribution >= 4 is 23.7 Å². The molecule has 2 saturated heterocycles. The van der Waals surface area contributed by atoms with E-state index in [1.54, 1.807) is 6.08 Å². The topological polar surface area (TPSA) is 51.2 Å². The minimum absolute atomic E-state index is 0.0911. The van der Waals surface area contributed by atoms with Gasteiger partial charge in [0.05, 0.1) is 19.3 Å². The monoisotopic (exact) mass is 390 g/mol. The van der Waals surface area contributed by atoms with Gasteiger partial charge in [-0.15, -0.1) is 0 Å². The van der Waals surface area contributed by atoms with Gasteiger partial charge in [-0.1, -0.05) is 6.07 Å². The summed E-state index contributed by atoms with van der Waals surface area (Å²) in [7, 11) is 0. The lowest BCUT2D eigenvalue weighted by molar-refractivity contribution is -0.128. The first-order valence-corrected chi connectivity index (χ1v) is 10.7. The molecule has 7 heteroatoms. The fourth-order valence-electron chi connectivity index (χ4n) is 3.63. The Kier molecular flexibility index (Phi) is 6.21. The number of hydrogen-bond acceptors (Lipinski definition) is 6. The van der Waals surface area contributed by atoms with E-state index in [1.165, 1.54) is 0 Å². The Hall–Kier alpha value is -1.70. The van der Waals surface area contributed by atoms with Crippen molar-refractivity contribution in [3.8, 4) is 11.5 Å². The first-order chi connectivity index (χ1) is 13.3. The third kappa shape index (κ3) is 4.78. The molecule has 1 amide bonds. The van der Waals surface area contributed by atoms with Gasteiger partial charge in [0, 0.05) is 38.0 Å². The van der Waals surface area contributed by atoms with Gasteiger partial charge in [0.2, 0.25) is 12.7 Å². The molecule has 1 aromatic rings. The number of hydrogen-bond donors (Lipinski definition) is 0. The molecule has 0 N–H and O–H groups in total. The fourth-order valence-corrected chi connectivity index (χ4v) is 4.69. The number of thioether (sulfide) groups is 1. The van der Waals surface area contributed by atoms with Gasteiger partial charge in [0.1, 0.15) is 0 Å². The van der Waals surface area contributed by atoms with Crippen molar-refractivity contribution in [2.45, 2.75) is 12.5 Å². The molecule has 3 aliphatic heterocycles. The highest BCUT2D eigenvalue weighted by molar-refractivity contribution is 7.99. The van der Waals surface area contributed by atoms with Crippen molar-refractivity contribution in [3.05, 3.63) is 29.8 Å². The van der Waals surface area contributed by atoms with Crippen LogP contribution in [0, 0.1) is 0 Å². The third-order valence-electron chi connectivity index (χ3n) is 5.11. The van der Waals surface area contributed by atoms with E-state index in [2.05, 4.69) is 9.80 Å². The van der Waals surface area contributed by atoms with E-state index in [0.29, 0.717) is 0 Å². The minimum atomic E-state index is 0.0911. The Morgan fingerprint density at radius 1 is 1.19 bits per heavy atom. The van der Waals surface area contributed by atoms with Gasteiger partial charge in [-0.2, -0.15) is 11.8 Å². The van der Waals surface area contributed by atoms with Crippen LogP contribution in [0.5, 0.6) is 11.5 Å². The predicted octanol–water partition coefficient (Wildman–Crippen LogP) is 2.09. The van der Waals surface area contributed by atoms with E-state index in [9.17, 15) is 4.79 Å². The second kappa shape index (κ2) is 8.99. The van der Waals surface area contributed by atoms with E-state index in [4.69, 9.17) is 14.2 Å². The van der Waals surface area contributed by atoms with Gasteiger partial charge in [0.25, 0.3) is 0 Å². The number of carbonyl (C=O) groups excluding carboxylic acids is 1. The molecule has 6 nitrogen and oxygen atoms in total. The summed E-state index contributed by atoms with van der Waals surface area (Å²) in [4.78, 5) is 17.4. The molecule has 0 aliphatic carbocycles. The summed E-state index contributed by atoms with van der Waals surface area (Å²) in [6.07, 6.45) is 4.61. The molecule has 4 rings (SSSR count). The zero-order chi connectivity index (χ0) is 18.5. The molecule has 0 radical (unpaired) electrons. The summed E-state index contributed by atoms with van der Waals surface area (Å²) in [6, 6.07) is 6.00. The van der Waals surface area contributed by atoms with Crippen LogP contribution in [0.2, 0.25) is 0 Å². The largest absolute Gasteiger partial charge is 0.454 e. The van der Waals surface area contributed by atoms with Crippen molar-refractivity contribution in [2.24, 2.45) is 0 Å². The number of amides is 1. The predicted molar refractivity (Wildman–Crippen MR) is 106 cm³/mol. The molecule has 1 atom stereocenters. The first-order valence-electron chi connectivity index (χ1n) is 9.56. The van der Waals surface area contributed by atoms with Gasteiger partial charge < -0.3 is 19.1 Å². The Bertz CT molecular complexity index is 691. The summed E-state index contributed by atoms with van der Waals surface area (Å²) >= 11 is 1.96. The second-order valence-corrected chi connectivity index (χ2v) is 8.12. The van der Waals surface area contributed by atoms with Crippen molar-refractivity contribution in [2.75, 3.05) is 57.7 Å². The smallest absolute Gasteiger partial charge is 0.246 e. The molecule has 1 aromatic carbocycles. The normalized spacial score (nSPS) is 23.6. The number of ether oxygens (including phenoxy) is 3. The van der Waals surface area contributed by atoms with Crippen LogP contribution in [0.3, 0.4) is 0 Å². The number of morpholine rings is 1. The van der Waals surface area contributed by atoms with Gasteiger partial charge in [-0.25, -0.2) is 0 Å². The molecular formula is C20H26N2O4S. The van der Waals surface area contributed by atoms with Crippen LogP contribution < -0.4 is 9.47 Å². The maximum Gasteiger partial charge on any atom is 0.246 e. The van der Waals surface area contributed by atoms with Crippen LogP contribution >= 0.6 is 11.8 Å². The highest BCUT2D eigenvalue weighted by Crippen LogP contribution is 2.32. The zero-order valence-corrected chi connectivity index (χ0v) is 16.3.